The topological polar surface area (TPSA) is 74.3 Å². The fraction of sp³-hybridized carbons (Fsp3) is 0.158. The second-order valence-electron chi connectivity index (χ2n) is 5.44. The number of primary amides is 1. The molecule has 0 bridgehead atoms. The van der Waals surface area contributed by atoms with Crippen molar-refractivity contribution in [1.29, 1.82) is 0 Å². The average molecular weight is 322 g/mol. The van der Waals surface area contributed by atoms with Crippen LogP contribution in [0.5, 0.6) is 0 Å². The molecule has 1 unspecified atom stereocenters. The fourth-order valence-electron chi connectivity index (χ4n) is 2.76. The van der Waals surface area contributed by atoms with Crippen molar-refractivity contribution < 1.29 is 14.3 Å². The maximum Gasteiger partial charge on any atom is 0.341 e. The SMILES string of the molecule is CCn1cc(C(=O)OC(C(N)=O)c2ccccc2)c2ccccc21. The van der Waals surface area contributed by atoms with E-state index in [1.807, 2.05) is 41.8 Å². The van der Waals surface area contributed by atoms with E-state index >= 15 is 0 Å². The highest BCUT2D eigenvalue weighted by molar-refractivity contribution is 6.05. The zero-order chi connectivity index (χ0) is 17.1. The van der Waals surface area contributed by atoms with Crippen LogP contribution in [0.15, 0.2) is 60.8 Å². The highest BCUT2D eigenvalue weighted by atomic mass is 16.5. The number of fused-ring (bicyclic) bond motifs is 1. The van der Waals surface area contributed by atoms with Crippen LogP contribution in [0.1, 0.15) is 28.9 Å². The van der Waals surface area contributed by atoms with Gasteiger partial charge in [-0.3, -0.25) is 4.79 Å². The van der Waals surface area contributed by atoms with Crippen LogP contribution in [0, 0.1) is 0 Å². The van der Waals surface area contributed by atoms with Crippen molar-refractivity contribution in [1.82, 2.24) is 4.57 Å². The van der Waals surface area contributed by atoms with E-state index in [1.165, 1.54) is 0 Å². The van der Waals surface area contributed by atoms with Crippen molar-refractivity contribution in [2.24, 2.45) is 5.73 Å². The van der Waals surface area contributed by atoms with Gasteiger partial charge in [0.25, 0.3) is 5.91 Å². The van der Waals surface area contributed by atoms with Crippen LogP contribution in [-0.2, 0) is 16.1 Å². The average Bonchev–Trinajstić information content (AvgIpc) is 2.99. The van der Waals surface area contributed by atoms with Gasteiger partial charge in [-0.1, -0.05) is 48.5 Å². The maximum absolute atomic E-state index is 12.6. The Bertz CT molecular complexity index is 884. The van der Waals surface area contributed by atoms with Crippen LogP contribution >= 0.6 is 0 Å². The molecule has 3 aromatic rings. The van der Waals surface area contributed by atoms with Crippen molar-refractivity contribution in [3.05, 3.63) is 71.9 Å². The monoisotopic (exact) mass is 322 g/mol. The largest absolute Gasteiger partial charge is 0.444 e. The molecule has 0 spiro atoms. The molecule has 2 aromatic carbocycles. The summed E-state index contributed by atoms with van der Waals surface area (Å²) in [6.07, 6.45) is 0.637. The van der Waals surface area contributed by atoms with E-state index in [-0.39, 0.29) is 0 Å². The Morgan fingerprint density at radius 1 is 1.08 bits per heavy atom. The predicted molar refractivity (Wildman–Crippen MR) is 91.4 cm³/mol. The Labute approximate surface area is 139 Å². The van der Waals surface area contributed by atoms with Gasteiger partial charge in [-0.25, -0.2) is 4.79 Å². The van der Waals surface area contributed by atoms with Gasteiger partial charge in [-0.05, 0) is 13.0 Å². The number of benzene rings is 2. The van der Waals surface area contributed by atoms with Crippen LogP contribution in [0.25, 0.3) is 10.9 Å². The molecule has 0 aliphatic rings. The van der Waals surface area contributed by atoms with E-state index in [1.54, 1.807) is 30.5 Å². The second kappa shape index (κ2) is 6.58. The van der Waals surface area contributed by atoms with E-state index in [4.69, 9.17) is 10.5 Å². The van der Waals surface area contributed by atoms with Crippen molar-refractivity contribution in [2.45, 2.75) is 19.6 Å². The minimum atomic E-state index is -1.11. The first kappa shape index (κ1) is 15.8. The quantitative estimate of drug-likeness (QED) is 0.734. The number of esters is 1. The van der Waals surface area contributed by atoms with Crippen molar-refractivity contribution >= 4 is 22.8 Å². The Balaban J connectivity index is 1.96. The van der Waals surface area contributed by atoms with Crippen LogP contribution in [0.3, 0.4) is 0 Å². The van der Waals surface area contributed by atoms with Crippen LogP contribution in [-0.4, -0.2) is 16.4 Å². The summed E-state index contributed by atoms with van der Waals surface area (Å²) in [6, 6.07) is 16.3. The van der Waals surface area contributed by atoms with E-state index < -0.39 is 18.0 Å². The van der Waals surface area contributed by atoms with Gasteiger partial charge < -0.3 is 15.0 Å². The summed E-state index contributed by atoms with van der Waals surface area (Å²) >= 11 is 0. The highest BCUT2D eigenvalue weighted by Gasteiger charge is 2.25. The molecule has 0 aliphatic heterocycles. The lowest BCUT2D eigenvalue weighted by Gasteiger charge is -2.14. The summed E-state index contributed by atoms with van der Waals surface area (Å²) in [5.41, 5.74) is 7.34. The summed E-state index contributed by atoms with van der Waals surface area (Å²) in [5, 5.41) is 0.792. The predicted octanol–water partition coefficient (Wildman–Crippen LogP) is 3.04. The fourth-order valence-corrected chi connectivity index (χ4v) is 2.76. The Kier molecular flexibility index (Phi) is 4.33. The van der Waals surface area contributed by atoms with E-state index in [9.17, 15) is 9.59 Å². The van der Waals surface area contributed by atoms with E-state index in [2.05, 4.69) is 0 Å². The standard InChI is InChI=1S/C19H18N2O3/c1-2-21-12-15(14-10-6-7-11-16(14)21)19(23)24-17(18(20)22)13-8-4-3-5-9-13/h3-12,17H,2H2,1H3,(H2,20,22). The number of nitrogens with two attached hydrogens (primary N) is 1. The molecule has 1 heterocycles. The number of hydrogen-bond acceptors (Lipinski definition) is 3. The molecule has 0 fully saturated rings. The number of carbonyl (C=O) groups is 2. The first-order valence-corrected chi connectivity index (χ1v) is 7.75. The van der Waals surface area contributed by atoms with Gasteiger partial charge in [-0.2, -0.15) is 0 Å². The van der Waals surface area contributed by atoms with Gasteiger partial charge in [0.1, 0.15) is 0 Å². The van der Waals surface area contributed by atoms with Gasteiger partial charge in [-0.15, -0.1) is 0 Å². The molecule has 0 aliphatic carbocycles. The molecule has 3 rings (SSSR count). The molecule has 5 nitrogen and oxygen atoms in total. The summed E-state index contributed by atoms with van der Waals surface area (Å²) < 4.78 is 7.39. The molecule has 1 atom stereocenters. The summed E-state index contributed by atoms with van der Waals surface area (Å²) in [6.45, 7) is 2.73. The number of amides is 1. The zero-order valence-corrected chi connectivity index (χ0v) is 13.3. The summed E-state index contributed by atoms with van der Waals surface area (Å²) in [5.74, 6) is -1.26. The molecule has 0 saturated carbocycles. The zero-order valence-electron chi connectivity index (χ0n) is 13.3. The van der Waals surface area contributed by atoms with Gasteiger partial charge in [0, 0.05) is 29.2 Å². The third-order valence-corrected chi connectivity index (χ3v) is 3.93. The lowest BCUT2D eigenvalue weighted by Crippen LogP contribution is -2.26. The molecule has 1 amide bonds. The molecule has 5 heteroatoms. The summed E-state index contributed by atoms with van der Waals surface area (Å²) in [7, 11) is 0. The number of para-hydroxylation sites is 1. The molecule has 0 saturated heterocycles. The minimum absolute atomic E-state index is 0.426. The Morgan fingerprint density at radius 2 is 1.75 bits per heavy atom. The normalized spacial score (nSPS) is 12.0. The van der Waals surface area contributed by atoms with E-state index in [0.717, 1.165) is 17.4 Å². The third-order valence-electron chi connectivity index (χ3n) is 3.93. The number of rotatable bonds is 5. The van der Waals surface area contributed by atoms with Crippen LogP contribution < -0.4 is 5.73 Å². The lowest BCUT2D eigenvalue weighted by atomic mass is 10.1. The Morgan fingerprint density at radius 3 is 2.42 bits per heavy atom. The first-order valence-electron chi connectivity index (χ1n) is 7.75. The van der Waals surface area contributed by atoms with Gasteiger partial charge in [0.05, 0.1) is 5.56 Å². The number of carbonyl (C=O) groups excluding carboxylic acids is 2. The highest BCUT2D eigenvalue weighted by Crippen LogP contribution is 2.25. The van der Waals surface area contributed by atoms with Crippen molar-refractivity contribution in [3.63, 3.8) is 0 Å². The number of nitrogens with zero attached hydrogens (tertiary/aromatic N) is 1. The van der Waals surface area contributed by atoms with Crippen molar-refractivity contribution in [3.8, 4) is 0 Å². The molecule has 2 N–H and O–H groups in total. The smallest absolute Gasteiger partial charge is 0.341 e. The number of hydrogen-bond donors (Lipinski definition) is 1. The van der Waals surface area contributed by atoms with Crippen LogP contribution in [0.4, 0.5) is 0 Å². The third kappa shape index (κ3) is 2.88. The van der Waals surface area contributed by atoms with Gasteiger partial charge >= 0.3 is 5.97 Å². The number of aromatic nitrogens is 1. The maximum atomic E-state index is 12.6. The first-order chi connectivity index (χ1) is 11.6. The molecule has 122 valence electrons. The lowest BCUT2D eigenvalue weighted by molar-refractivity contribution is -0.127. The molecular formula is C19H18N2O3. The molecule has 0 radical (unpaired) electrons. The molecule has 24 heavy (non-hydrogen) atoms. The summed E-state index contributed by atoms with van der Waals surface area (Å²) in [4.78, 5) is 24.4. The van der Waals surface area contributed by atoms with Gasteiger partial charge in [0.2, 0.25) is 6.10 Å². The number of aryl methyl sites for hydroxylation is 1. The van der Waals surface area contributed by atoms with Crippen molar-refractivity contribution in [2.75, 3.05) is 0 Å². The van der Waals surface area contributed by atoms with E-state index in [0.29, 0.717) is 11.1 Å². The Hall–Kier alpha value is -3.08. The van der Waals surface area contributed by atoms with Gasteiger partial charge in [0.15, 0.2) is 0 Å². The van der Waals surface area contributed by atoms with Crippen LogP contribution in [0.2, 0.25) is 0 Å². The second-order valence-corrected chi connectivity index (χ2v) is 5.44. The molecule has 1 aromatic heterocycles. The molecular weight excluding hydrogens is 304 g/mol. The number of ether oxygens (including phenoxy) is 1. The minimum Gasteiger partial charge on any atom is -0.444 e.